The normalized spacial score (nSPS) is 30.4. The minimum atomic E-state index is -1.10. The number of hydrogen-bond donors (Lipinski definition) is 3. The van der Waals surface area contributed by atoms with Crippen LogP contribution in [0.3, 0.4) is 0 Å². The molecule has 0 radical (unpaired) electrons. The average molecular weight is 484 g/mol. The first kappa shape index (κ1) is 21.1. The van der Waals surface area contributed by atoms with E-state index in [1.807, 2.05) is 6.07 Å². The Morgan fingerprint density at radius 1 is 1.30 bits per heavy atom. The monoisotopic (exact) mass is 483 g/mol. The van der Waals surface area contributed by atoms with Gasteiger partial charge in [-0.2, -0.15) is 0 Å². The molecule has 3 aliphatic rings. The van der Waals surface area contributed by atoms with Crippen molar-refractivity contribution in [1.29, 1.82) is 0 Å². The topological polar surface area (TPSA) is 113 Å². The van der Waals surface area contributed by atoms with Gasteiger partial charge in [-0.1, -0.05) is 11.6 Å². The van der Waals surface area contributed by atoms with E-state index in [1.165, 1.54) is 24.7 Å². The zero-order valence-corrected chi connectivity index (χ0v) is 19.4. The molecular weight excluding hydrogens is 462 g/mol. The van der Waals surface area contributed by atoms with Gasteiger partial charge in [-0.05, 0) is 62.5 Å². The third-order valence-electron chi connectivity index (χ3n) is 7.39. The number of nitrogens with one attached hydrogen (secondary N) is 1. The minimum absolute atomic E-state index is 0.0888. The van der Waals surface area contributed by atoms with E-state index in [2.05, 4.69) is 32.1 Å². The number of aliphatic hydroxyl groups excluding tert-OH is 2. The Morgan fingerprint density at radius 3 is 2.76 bits per heavy atom. The molecule has 6 rings (SSSR count). The van der Waals surface area contributed by atoms with Gasteiger partial charge in [-0.15, -0.1) is 11.3 Å². The Hall–Kier alpha value is -2.51. The number of rotatable bonds is 4. The lowest BCUT2D eigenvalue weighted by molar-refractivity contribution is -0.128. The molecule has 8 nitrogen and oxygen atoms in total. The van der Waals surface area contributed by atoms with Crippen LogP contribution in [0.25, 0.3) is 11.2 Å². The van der Waals surface area contributed by atoms with Crippen molar-refractivity contribution in [3.63, 3.8) is 0 Å². The molecule has 0 spiro atoms. The summed E-state index contributed by atoms with van der Waals surface area (Å²) in [4.78, 5) is 26.9. The number of carbonyl (C=O) groups is 1. The number of carbonyl (C=O) groups excluding carboxylic acids is 1. The summed E-state index contributed by atoms with van der Waals surface area (Å²) in [6, 6.07) is 3.49. The second-order valence-corrected chi connectivity index (χ2v) is 10.9. The number of ketones is 1. The van der Waals surface area contributed by atoms with E-state index in [0.717, 1.165) is 17.7 Å². The van der Waals surface area contributed by atoms with E-state index < -0.39 is 23.7 Å². The molecule has 0 amide bonds. The molecule has 0 aliphatic heterocycles. The van der Waals surface area contributed by atoms with Gasteiger partial charge in [0.15, 0.2) is 17.0 Å². The second kappa shape index (κ2) is 7.50. The number of nitrogens with zero attached hydrogens (tertiary/aromatic N) is 4. The van der Waals surface area contributed by atoms with E-state index in [0.29, 0.717) is 39.6 Å². The van der Waals surface area contributed by atoms with Crippen LogP contribution in [-0.4, -0.2) is 53.8 Å². The van der Waals surface area contributed by atoms with Crippen LogP contribution in [0.4, 0.5) is 5.82 Å². The van der Waals surface area contributed by atoms with Crippen molar-refractivity contribution >= 4 is 45.7 Å². The molecule has 3 aliphatic carbocycles. The molecule has 3 fully saturated rings. The van der Waals surface area contributed by atoms with Crippen molar-refractivity contribution in [2.75, 3.05) is 5.32 Å². The number of fused-ring (bicyclic) bond motifs is 2. The predicted octanol–water partition coefficient (Wildman–Crippen LogP) is 2.78. The molecule has 0 saturated heterocycles. The molecule has 0 bridgehead atoms. The second-order valence-electron chi connectivity index (χ2n) is 9.18. The number of aliphatic hydroxyl groups is 2. The van der Waals surface area contributed by atoms with Crippen LogP contribution in [0.1, 0.15) is 49.4 Å². The van der Waals surface area contributed by atoms with E-state index in [-0.39, 0.29) is 11.7 Å². The van der Waals surface area contributed by atoms with Crippen molar-refractivity contribution < 1.29 is 15.0 Å². The molecule has 33 heavy (non-hydrogen) atoms. The van der Waals surface area contributed by atoms with Crippen LogP contribution in [0, 0.1) is 23.2 Å². The fraction of sp³-hybridized carbons (Fsp3) is 0.478. The minimum Gasteiger partial charge on any atom is -0.389 e. The third kappa shape index (κ3) is 3.20. The predicted molar refractivity (Wildman–Crippen MR) is 124 cm³/mol. The fourth-order valence-corrected chi connectivity index (χ4v) is 6.20. The van der Waals surface area contributed by atoms with E-state index in [4.69, 9.17) is 11.6 Å². The van der Waals surface area contributed by atoms with Gasteiger partial charge < -0.3 is 20.1 Å². The molecule has 170 valence electrons. The van der Waals surface area contributed by atoms with Gasteiger partial charge in [0.1, 0.15) is 11.9 Å². The van der Waals surface area contributed by atoms with Crippen molar-refractivity contribution in [2.45, 2.75) is 56.9 Å². The molecule has 10 heteroatoms. The highest BCUT2D eigenvalue weighted by Gasteiger charge is 2.74. The lowest BCUT2D eigenvalue weighted by Crippen LogP contribution is -2.36. The molecule has 3 aromatic heterocycles. The summed E-state index contributed by atoms with van der Waals surface area (Å²) in [6.07, 6.45) is 3.30. The van der Waals surface area contributed by atoms with Crippen LogP contribution in [-0.2, 0) is 4.79 Å². The number of halogens is 1. The van der Waals surface area contributed by atoms with Crippen LogP contribution in [0.5, 0.6) is 0 Å². The first-order valence-corrected chi connectivity index (χ1v) is 12.2. The Balaban J connectivity index is 1.44. The Kier molecular flexibility index (Phi) is 4.79. The molecule has 3 N–H and O–H groups in total. The first-order chi connectivity index (χ1) is 15.9. The molecule has 3 heterocycles. The number of thiophene rings is 1. The molecule has 5 atom stereocenters. The van der Waals surface area contributed by atoms with Crippen LogP contribution in [0.15, 0.2) is 18.5 Å². The van der Waals surface area contributed by atoms with Gasteiger partial charge in [0.25, 0.3) is 0 Å². The smallest absolute Gasteiger partial charge is 0.209 e. The average Bonchev–Trinajstić information content (AvgIpc) is 3.01. The summed E-state index contributed by atoms with van der Waals surface area (Å²) in [5.74, 6) is 6.78. The zero-order valence-electron chi connectivity index (χ0n) is 17.8. The van der Waals surface area contributed by atoms with Gasteiger partial charge in [-0.25, -0.2) is 15.0 Å². The van der Waals surface area contributed by atoms with E-state index in [1.54, 1.807) is 17.0 Å². The van der Waals surface area contributed by atoms with Gasteiger partial charge in [0, 0.05) is 6.04 Å². The maximum absolute atomic E-state index is 12.3. The molecular formula is C23H22ClN5O3S. The lowest BCUT2D eigenvalue weighted by atomic mass is 9.93. The van der Waals surface area contributed by atoms with Gasteiger partial charge in [0.2, 0.25) is 5.82 Å². The van der Waals surface area contributed by atoms with Crippen molar-refractivity contribution in [2.24, 2.45) is 11.3 Å². The standard InChI is InChI=1S/C23H22ClN5O3S/c1-11(30)23-9-14(23)18(19(31)20(23)32)29-10-25-17-21(26-12-3-2-4-12)27-16(28-22(17)29)8-6-13-5-7-15(24)33-13/h5,7,10,12,14,18-20,31-32H,2-4,9H2,1H3,(H,26,27,28)/t14?,18-,19+,20?,23+/m1/s1. The highest BCUT2D eigenvalue weighted by Crippen LogP contribution is 2.68. The van der Waals surface area contributed by atoms with E-state index in [9.17, 15) is 15.0 Å². The van der Waals surface area contributed by atoms with Crippen LogP contribution < -0.4 is 5.32 Å². The summed E-state index contributed by atoms with van der Waals surface area (Å²) in [5, 5.41) is 25.0. The summed E-state index contributed by atoms with van der Waals surface area (Å²) >= 11 is 7.39. The van der Waals surface area contributed by atoms with Crippen LogP contribution >= 0.6 is 22.9 Å². The van der Waals surface area contributed by atoms with Gasteiger partial charge in [0.05, 0.1) is 33.1 Å². The van der Waals surface area contributed by atoms with Gasteiger partial charge >= 0.3 is 0 Å². The highest BCUT2D eigenvalue weighted by atomic mass is 35.5. The third-order valence-corrected chi connectivity index (χ3v) is 8.53. The molecule has 3 aromatic rings. The van der Waals surface area contributed by atoms with Crippen molar-refractivity contribution in [1.82, 2.24) is 19.5 Å². The largest absolute Gasteiger partial charge is 0.389 e. The highest BCUT2D eigenvalue weighted by molar-refractivity contribution is 7.16. The van der Waals surface area contributed by atoms with E-state index >= 15 is 0 Å². The Morgan fingerprint density at radius 2 is 2.12 bits per heavy atom. The summed E-state index contributed by atoms with van der Waals surface area (Å²) < 4.78 is 2.44. The summed E-state index contributed by atoms with van der Waals surface area (Å²) in [6.45, 7) is 1.48. The molecule has 0 aromatic carbocycles. The summed E-state index contributed by atoms with van der Waals surface area (Å²) in [7, 11) is 0. The maximum atomic E-state index is 12.3. The number of anilines is 1. The first-order valence-electron chi connectivity index (χ1n) is 11.0. The Bertz CT molecular complexity index is 1340. The van der Waals surface area contributed by atoms with Crippen molar-refractivity contribution in [3.05, 3.63) is 33.5 Å². The number of aromatic nitrogens is 4. The molecule has 3 saturated carbocycles. The fourth-order valence-electron chi connectivity index (χ4n) is 5.31. The lowest BCUT2D eigenvalue weighted by Gasteiger charge is -2.27. The number of imidazole rings is 1. The van der Waals surface area contributed by atoms with Gasteiger partial charge in [-0.3, -0.25) is 4.79 Å². The number of hydrogen-bond acceptors (Lipinski definition) is 8. The molecule has 2 unspecified atom stereocenters. The van der Waals surface area contributed by atoms with Crippen molar-refractivity contribution in [3.8, 4) is 11.8 Å². The number of Topliss-reactive ketones (excluding diaryl/α,β-unsaturated/α-hetero) is 1. The zero-order chi connectivity index (χ0) is 22.9. The SMILES string of the molecule is CC(=O)[C@@]12CC1[C@@H](n1cnc3c(NC4CCC4)nc(C#Cc4ccc(Cl)s4)nc31)[C@H](O)C2O. The maximum Gasteiger partial charge on any atom is 0.209 e. The quantitative estimate of drug-likeness (QED) is 0.489. The Labute approximate surface area is 199 Å². The summed E-state index contributed by atoms with van der Waals surface area (Å²) in [5.41, 5.74) is 0.249. The van der Waals surface area contributed by atoms with Crippen LogP contribution in [0.2, 0.25) is 4.34 Å².